The van der Waals surface area contributed by atoms with Gasteiger partial charge in [-0.15, -0.1) is 0 Å². The maximum Gasteiger partial charge on any atom is 0.472 e. The van der Waals surface area contributed by atoms with Gasteiger partial charge in [-0.1, -0.05) is 189 Å². The van der Waals surface area contributed by atoms with Crippen LogP contribution in [0.3, 0.4) is 0 Å². The van der Waals surface area contributed by atoms with E-state index in [0.717, 1.165) is 32.1 Å². The molecule has 0 aliphatic heterocycles. The summed E-state index contributed by atoms with van der Waals surface area (Å²) < 4.78 is 33.5. The number of hydrogen-bond acceptors (Lipinski definition) is 14. The smallest absolute Gasteiger partial charge is 0.462 e. The van der Waals surface area contributed by atoms with Crippen LogP contribution in [0.2, 0.25) is 0 Å². The highest BCUT2D eigenvalue weighted by Crippen LogP contribution is 2.47. The lowest BCUT2D eigenvalue weighted by Crippen LogP contribution is -2.64. The molecule has 1 rings (SSSR count). The third kappa shape index (κ3) is 32.6. The summed E-state index contributed by atoms with van der Waals surface area (Å²) in [5.74, 6) is -1.28. The van der Waals surface area contributed by atoms with E-state index in [1.165, 1.54) is 77.0 Å². The summed E-state index contributed by atoms with van der Waals surface area (Å²) in [6.07, 6.45) is 30.1. The van der Waals surface area contributed by atoms with Crippen LogP contribution < -0.4 is 0 Å². The Morgan fingerprint density at radius 1 is 0.567 bits per heavy atom. The molecule has 67 heavy (non-hydrogen) atoms. The van der Waals surface area contributed by atoms with Crippen LogP contribution in [0.15, 0.2) is 72.9 Å². The molecule has 0 saturated heterocycles. The average molecular weight is 971 g/mol. The van der Waals surface area contributed by atoms with Gasteiger partial charge >= 0.3 is 19.8 Å². The standard InChI is InChI=1S/C51H87O15P/c1-3-5-7-8-9-10-11-12-13-14-15-16-17-18-22-25-31-38-45(55)65-43(40-64-67(61,62)66-51-49(59)47(57)46(56)48(58)50(51)60)39-63-44(54)37-32-26-30-36-42(53)35-29-24-21-19-20-23-28-34-41(52)33-27-6-4-2/h6,20-21,23-24,27-30,34-36,41-43,46-53,56-60H,3-5,7-19,22,25-26,31-33,37-40H2,1-2H3,(H,61,62)/b23-20-,24-21-,27-6-,34-28+,35-29+,36-30-/t41-,42-,43-,46?,47-,48+,49-,50-,51?/m1/s1. The van der Waals surface area contributed by atoms with Crippen molar-refractivity contribution in [1.29, 1.82) is 0 Å². The van der Waals surface area contributed by atoms with E-state index in [9.17, 15) is 54.8 Å². The van der Waals surface area contributed by atoms with Crippen molar-refractivity contribution >= 4 is 19.8 Å². The predicted molar refractivity (Wildman–Crippen MR) is 261 cm³/mol. The van der Waals surface area contributed by atoms with Crippen molar-refractivity contribution in [1.82, 2.24) is 0 Å². The van der Waals surface area contributed by atoms with Crippen molar-refractivity contribution in [2.24, 2.45) is 0 Å². The van der Waals surface area contributed by atoms with Gasteiger partial charge in [0.1, 0.15) is 43.2 Å². The molecule has 16 heteroatoms. The zero-order valence-corrected chi connectivity index (χ0v) is 41.3. The Kier molecular flexibility index (Phi) is 37.1. The number of allylic oxidation sites excluding steroid dienone is 8. The minimum absolute atomic E-state index is 0.0209. The van der Waals surface area contributed by atoms with E-state index in [1.54, 1.807) is 36.5 Å². The van der Waals surface area contributed by atoms with Crippen LogP contribution in [-0.2, 0) is 32.7 Å². The molecule has 0 aromatic rings. The molecule has 0 aromatic heterocycles. The lowest BCUT2D eigenvalue weighted by atomic mass is 9.85. The normalized spacial score (nSPS) is 22.7. The van der Waals surface area contributed by atoms with Crippen LogP contribution in [0.5, 0.6) is 0 Å². The fourth-order valence-corrected chi connectivity index (χ4v) is 8.18. The molecule has 386 valence electrons. The van der Waals surface area contributed by atoms with Gasteiger partial charge in [0, 0.05) is 12.8 Å². The zero-order valence-electron chi connectivity index (χ0n) is 40.4. The van der Waals surface area contributed by atoms with E-state index in [0.29, 0.717) is 32.1 Å². The number of ether oxygens (including phenoxy) is 2. The van der Waals surface area contributed by atoms with Crippen LogP contribution in [0.25, 0.3) is 0 Å². The molecule has 0 amide bonds. The van der Waals surface area contributed by atoms with Gasteiger partial charge in [0.25, 0.3) is 0 Å². The van der Waals surface area contributed by atoms with Crippen molar-refractivity contribution in [3.8, 4) is 0 Å². The molecule has 1 aliphatic carbocycles. The molecule has 0 bridgehead atoms. The third-order valence-corrected chi connectivity index (χ3v) is 12.2. The Morgan fingerprint density at radius 3 is 1.63 bits per heavy atom. The highest BCUT2D eigenvalue weighted by molar-refractivity contribution is 7.47. The minimum atomic E-state index is -5.17. The SMILES string of the molecule is CC/C=C\C[C@@H](O)/C=C/C=C\C/C=C\C=C\[C@@H](O)/C=C\CCCC(=O)OC[C@H](COP(=O)(O)OC1[C@H](O)[C@H](O)C(O)[C@H](O)[C@H]1O)OC(=O)CCCCCCCCCCCCCCCCCCC. The van der Waals surface area contributed by atoms with E-state index in [4.69, 9.17) is 18.5 Å². The number of hydrogen-bond donors (Lipinski definition) is 8. The number of phosphoric acid groups is 1. The lowest BCUT2D eigenvalue weighted by Gasteiger charge is -2.41. The molecule has 10 atom stereocenters. The van der Waals surface area contributed by atoms with Crippen molar-refractivity contribution in [3.63, 3.8) is 0 Å². The Bertz CT molecular complexity index is 1480. The first-order chi connectivity index (χ1) is 32.2. The molecular weight excluding hydrogens is 884 g/mol. The number of unbranched alkanes of at least 4 members (excludes halogenated alkanes) is 17. The third-order valence-electron chi connectivity index (χ3n) is 11.2. The van der Waals surface area contributed by atoms with Gasteiger partial charge in [0.05, 0.1) is 18.8 Å². The second-order valence-corrected chi connectivity index (χ2v) is 18.8. The average Bonchev–Trinajstić information content (AvgIpc) is 3.30. The summed E-state index contributed by atoms with van der Waals surface area (Å²) >= 11 is 0. The van der Waals surface area contributed by atoms with Gasteiger partial charge in [-0.05, 0) is 38.5 Å². The molecule has 1 fully saturated rings. The van der Waals surface area contributed by atoms with E-state index in [2.05, 4.69) is 6.92 Å². The van der Waals surface area contributed by atoms with Crippen LogP contribution in [-0.4, -0.2) is 121 Å². The number of aliphatic hydroxyl groups is 7. The van der Waals surface area contributed by atoms with Gasteiger partial charge in [0.2, 0.25) is 0 Å². The fourth-order valence-electron chi connectivity index (χ4n) is 7.20. The fraction of sp³-hybridized carbons (Fsp3) is 0.725. The summed E-state index contributed by atoms with van der Waals surface area (Å²) in [6.45, 7) is 2.96. The number of carbonyl (C=O) groups excluding carboxylic acids is 2. The first-order valence-corrected chi connectivity index (χ1v) is 26.5. The molecule has 15 nitrogen and oxygen atoms in total. The highest BCUT2D eigenvalue weighted by atomic mass is 31.2. The summed E-state index contributed by atoms with van der Waals surface area (Å²) in [5, 5.41) is 70.3. The van der Waals surface area contributed by atoms with Gasteiger partial charge < -0.3 is 50.1 Å². The second-order valence-electron chi connectivity index (χ2n) is 17.3. The van der Waals surface area contributed by atoms with Crippen LogP contribution >= 0.6 is 7.82 Å². The molecule has 0 spiro atoms. The molecule has 0 radical (unpaired) electrons. The number of phosphoric ester groups is 1. The molecule has 1 aliphatic rings. The largest absolute Gasteiger partial charge is 0.472 e. The highest BCUT2D eigenvalue weighted by Gasteiger charge is 2.51. The summed E-state index contributed by atoms with van der Waals surface area (Å²) in [4.78, 5) is 35.8. The van der Waals surface area contributed by atoms with E-state index in [1.807, 2.05) is 43.4 Å². The Balaban J connectivity index is 2.53. The summed E-state index contributed by atoms with van der Waals surface area (Å²) in [5.41, 5.74) is 0. The second kappa shape index (κ2) is 40.0. The number of rotatable bonds is 40. The molecule has 0 heterocycles. The topological polar surface area (TPSA) is 250 Å². The van der Waals surface area contributed by atoms with Crippen molar-refractivity contribution < 1.29 is 73.3 Å². The van der Waals surface area contributed by atoms with Gasteiger partial charge in [-0.25, -0.2) is 4.57 Å². The first kappa shape index (κ1) is 62.2. The lowest BCUT2D eigenvalue weighted by molar-refractivity contribution is -0.220. The minimum Gasteiger partial charge on any atom is -0.462 e. The monoisotopic (exact) mass is 971 g/mol. The number of carbonyl (C=O) groups is 2. The molecular formula is C51H87O15P. The predicted octanol–water partition coefficient (Wildman–Crippen LogP) is 8.22. The van der Waals surface area contributed by atoms with Crippen LogP contribution in [0.4, 0.5) is 0 Å². The molecule has 3 unspecified atom stereocenters. The Hall–Kier alpha value is -2.79. The maximum atomic E-state index is 12.8. The van der Waals surface area contributed by atoms with Crippen molar-refractivity contribution in [2.45, 2.75) is 223 Å². The number of esters is 2. The molecule has 8 N–H and O–H groups in total. The quantitative estimate of drug-likeness (QED) is 0.00947. The van der Waals surface area contributed by atoms with E-state index in [-0.39, 0.29) is 12.8 Å². The summed E-state index contributed by atoms with van der Waals surface area (Å²) in [6, 6.07) is 0. The van der Waals surface area contributed by atoms with Crippen molar-refractivity contribution in [2.75, 3.05) is 13.2 Å². The Labute approximate surface area is 401 Å². The summed E-state index contributed by atoms with van der Waals surface area (Å²) in [7, 11) is -5.17. The van der Waals surface area contributed by atoms with Gasteiger partial charge in [-0.2, -0.15) is 0 Å². The molecule has 1 saturated carbocycles. The van der Waals surface area contributed by atoms with Crippen molar-refractivity contribution in [3.05, 3.63) is 72.9 Å². The van der Waals surface area contributed by atoms with Crippen LogP contribution in [0.1, 0.15) is 168 Å². The van der Waals surface area contributed by atoms with Crippen LogP contribution in [0, 0.1) is 0 Å². The molecule has 0 aromatic carbocycles. The van der Waals surface area contributed by atoms with E-state index >= 15 is 0 Å². The zero-order chi connectivity index (χ0) is 49.5. The van der Waals surface area contributed by atoms with Gasteiger partial charge in [-0.3, -0.25) is 18.6 Å². The van der Waals surface area contributed by atoms with E-state index < -0.39 is 87.9 Å². The first-order valence-electron chi connectivity index (χ1n) is 25.0. The maximum absolute atomic E-state index is 12.8. The number of aliphatic hydroxyl groups excluding tert-OH is 7. The van der Waals surface area contributed by atoms with Gasteiger partial charge in [0.15, 0.2) is 6.10 Å². The Morgan fingerprint density at radius 2 is 1.07 bits per heavy atom.